The summed E-state index contributed by atoms with van der Waals surface area (Å²) in [5.74, 6) is 2.31. The van der Waals surface area contributed by atoms with Gasteiger partial charge in [0.25, 0.3) is 0 Å². The lowest BCUT2D eigenvalue weighted by Crippen LogP contribution is -2.53. The van der Waals surface area contributed by atoms with Gasteiger partial charge in [0.05, 0.1) is 5.54 Å². The molecule has 0 saturated heterocycles. The van der Waals surface area contributed by atoms with E-state index in [0.29, 0.717) is 5.96 Å². The van der Waals surface area contributed by atoms with Crippen molar-refractivity contribution in [1.29, 1.82) is 0 Å². The molecule has 3 aliphatic rings. The maximum Gasteiger partial charge on any atom is 0.193 e. The summed E-state index contributed by atoms with van der Waals surface area (Å²) in [4.78, 5) is 6.69. The number of hydrogen-bond acceptors (Lipinski definition) is 5. The zero-order chi connectivity index (χ0) is 17.0. The van der Waals surface area contributed by atoms with Crippen LogP contribution in [0.1, 0.15) is 77.0 Å². The molecule has 0 aromatic heterocycles. The van der Waals surface area contributed by atoms with Gasteiger partial charge in [0.2, 0.25) is 0 Å². The number of thioether (sulfide) groups is 1. The van der Waals surface area contributed by atoms with E-state index in [4.69, 9.17) is 10.7 Å². The number of hydrogen-bond donors (Lipinski definition) is 2. The predicted octanol–water partition coefficient (Wildman–Crippen LogP) is 3.73. The SMILES string of the molecule is CN1C(N)=NC(CSC2CCCCC2)(CC2CCCCC2)CC1O. The molecule has 4 nitrogen and oxygen atoms in total. The number of aliphatic hydroxyl groups is 1. The van der Waals surface area contributed by atoms with Gasteiger partial charge in [0.15, 0.2) is 5.96 Å². The first-order valence-corrected chi connectivity index (χ1v) is 11.0. The first-order valence-electron chi connectivity index (χ1n) is 9.96. The van der Waals surface area contributed by atoms with Crippen LogP contribution in [0.2, 0.25) is 0 Å². The molecule has 2 aliphatic carbocycles. The molecule has 3 rings (SSSR count). The van der Waals surface area contributed by atoms with Gasteiger partial charge >= 0.3 is 0 Å². The molecule has 2 unspecified atom stereocenters. The number of aliphatic imine (C=N–C) groups is 1. The third kappa shape index (κ3) is 4.60. The van der Waals surface area contributed by atoms with Crippen molar-refractivity contribution < 1.29 is 5.11 Å². The molecule has 0 amide bonds. The van der Waals surface area contributed by atoms with E-state index in [9.17, 15) is 5.11 Å². The van der Waals surface area contributed by atoms with Crippen molar-refractivity contribution in [1.82, 2.24) is 4.90 Å². The Kier molecular flexibility index (Phi) is 6.36. The van der Waals surface area contributed by atoms with Crippen molar-refractivity contribution >= 4 is 17.7 Å². The Labute approximate surface area is 151 Å². The third-order valence-corrected chi connectivity index (χ3v) is 7.90. The minimum atomic E-state index is -0.488. The van der Waals surface area contributed by atoms with Crippen LogP contribution in [0.3, 0.4) is 0 Å². The molecule has 0 aromatic carbocycles. The van der Waals surface area contributed by atoms with E-state index < -0.39 is 6.23 Å². The number of aliphatic hydroxyl groups excluding tert-OH is 1. The van der Waals surface area contributed by atoms with Crippen LogP contribution in [0.15, 0.2) is 4.99 Å². The van der Waals surface area contributed by atoms with Crippen LogP contribution < -0.4 is 5.73 Å². The third-order valence-electron chi connectivity index (χ3n) is 6.26. The van der Waals surface area contributed by atoms with Gasteiger partial charge in [0.1, 0.15) is 6.23 Å². The Hall–Kier alpha value is -0.420. The molecule has 0 aromatic rings. The van der Waals surface area contributed by atoms with Crippen molar-refractivity contribution in [3.8, 4) is 0 Å². The second-order valence-electron chi connectivity index (χ2n) is 8.27. The van der Waals surface area contributed by atoms with Gasteiger partial charge in [-0.05, 0) is 25.2 Å². The number of guanidine groups is 1. The molecule has 0 radical (unpaired) electrons. The van der Waals surface area contributed by atoms with Gasteiger partial charge in [0, 0.05) is 24.5 Å². The van der Waals surface area contributed by atoms with Crippen LogP contribution in [0.25, 0.3) is 0 Å². The van der Waals surface area contributed by atoms with Gasteiger partial charge in [-0.15, -0.1) is 0 Å². The highest BCUT2D eigenvalue weighted by Gasteiger charge is 2.41. The summed E-state index contributed by atoms with van der Waals surface area (Å²) >= 11 is 2.10. The molecular formula is C19H35N3OS. The van der Waals surface area contributed by atoms with Crippen LogP contribution >= 0.6 is 11.8 Å². The van der Waals surface area contributed by atoms with Gasteiger partial charge in [-0.3, -0.25) is 0 Å². The second-order valence-corrected chi connectivity index (χ2v) is 9.56. The van der Waals surface area contributed by atoms with Crippen LogP contribution in [0.5, 0.6) is 0 Å². The highest BCUT2D eigenvalue weighted by atomic mass is 32.2. The molecule has 2 saturated carbocycles. The zero-order valence-corrected chi connectivity index (χ0v) is 16.1. The van der Waals surface area contributed by atoms with E-state index >= 15 is 0 Å². The molecule has 0 spiro atoms. The number of rotatable bonds is 5. The Morgan fingerprint density at radius 2 is 1.75 bits per heavy atom. The molecule has 138 valence electrons. The summed E-state index contributed by atoms with van der Waals surface area (Å²) in [6.45, 7) is 0. The molecule has 1 heterocycles. The Morgan fingerprint density at radius 3 is 2.38 bits per heavy atom. The normalized spacial score (nSPS) is 33.5. The first kappa shape index (κ1) is 18.4. The summed E-state index contributed by atoms with van der Waals surface area (Å²) in [5, 5.41) is 11.3. The Morgan fingerprint density at radius 1 is 1.12 bits per heavy atom. The fourth-order valence-electron chi connectivity index (χ4n) is 4.71. The first-order chi connectivity index (χ1) is 11.6. The molecule has 0 bridgehead atoms. The fourth-order valence-corrected chi connectivity index (χ4v) is 6.22. The van der Waals surface area contributed by atoms with Crippen LogP contribution in [-0.2, 0) is 0 Å². The standard InChI is InChI=1S/C19H35N3OS/c1-22-17(23)13-19(21-18(22)20,12-15-8-4-2-5-9-15)14-24-16-10-6-3-7-11-16/h15-17,23H,2-14H2,1H3,(H2,20,21). The van der Waals surface area contributed by atoms with E-state index in [1.54, 1.807) is 4.90 Å². The van der Waals surface area contributed by atoms with Crippen LogP contribution in [0.4, 0.5) is 0 Å². The highest BCUT2D eigenvalue weighted by Crippen LogP contribution is 2.41. The van der Waals surface area contributed by atoms with Crippen molar-refractivity contribution in [2.75, 3.05) is 12.8 Å². The predicted molar refractivity (Wildman–Crippen MR) is 103 cm³/mol. The molecule has 2 atom stereocenters. The van der Waals surface area contributed by atoms with E-state index in [-0.39, 0.29) is 5.54 Å². The minimum Gasteiger partial charge on any atom is -0.373 e. The molecule has 5 heteroatoms. The highest BCUT2D eigenvalue weighted by molar-refractivity contribution is 8.00. The van der Waals surface area contributed by atoms with Crippen molar-refractivity contribution in [2.24, 2.45) is 16.6 Å². The molecular weight excluding hydrogens is 318 g/mol. The monoisotopic (exact) mass is 353 g/mol. The van der Waals surface area contributed by atoms with Gasteiger partial charge in [-0.25, -0.2) is 4.99 Å². The molecule has 2 fully saturated rings. The van der Waals surface area contributed by atoms with E-state index in [1.807, 2.05) is 7.05 Å². The summed E-state index contributed by atoms with van der Waals surface area (Å²) in [7, 11) is 1.85. The van der Waals surface area contributed by atoms with E-state index in [1.165, 1.54) is 64.2 Å². The summed E-state index contributed by atoms with van der Waals surface area (Å²) < 4.78 is 0. The maximum absolute atomic E-state index is 10.5. The zero-order valence-electron chi connectivity index (χ0n) is 15.3. The van der Waals surface area contributed by atoms with Crippen molar-refractivity contribution in [3.63, 3.8) is 0 Å². The minimum absolute atomic E-state index is 0.153. The fraction of sp³-hybridized carbons (Fsp3) is 0.947. The average molecular weight is 354 g/mol. The summed E-state index contributed by atoms with van der Waals surface area (Å²) in [6.07, 6.45) is 15.0. The molecule has 1 aliphatic heterocycles. The summed E-state index contributed by atoms with van der Waals surface area (Å²) in [6, 6.07) is 0. The second kappa shape index (κ2) is 8.31. The molecule has 3 N–H and O–H groups in total. The lowest BCUT2D eigenvalue weighted by atomic mass is 9.78. The van der Waals surface area contributed by atoms with Crippen molar-refractivity contribution in [2.45, 2.75) is 94.1 Å². The lowest BCUT2D eigenvalue weighted by molar-refractivity contribution is 0.0249. The van der Waals surface area contributed by atoms with Gasteiger partial charge in [-0.2, -0.15) is 11.8 Å². The number of nitrogens with two attached hydrogens (primary N) is 1. The topological polar surface area (TPSA) is 61.8 Å². The maximum atomic E-state index is 10.5. The quantitative estimate of drug-likeness (QED) is 0.790. The lowest BCUT2D eigenvalue weighted by Gasteiger charge is -2.43. The largest absolute Gasteiger partial charge is 0.373 e. The van der Waals surface area contributed by atoms with Gasteiger partial charge in [-0.1, -0.05) is 51.4 Å². The summed E-state index contributed by atoms with van der Waals surface area (Å²) in [5.41, 5.74) is 6.01. The Bertz CT molecular complexity index is 432. The number of nitrogens with zero attached hydrogens (tertiary/aromatic N) is 2. The smallest absolute Gasteiger partial charge is 0.193 e. The van der Waals surface area contributed by atoms with Crippen LogP contribution in [-0.4, -0.2) is 45.8 Å². The van der Waals surface area contributed by atoms with E-state index in [0.717, 1.165) is 29.8 Å². The van der Waals surface area contributed by atoms with Gasteiger partial charge < -0.3 is 15.7 Å². The Balaban J connectivity index is 1.69. The van der Waals surface area contributed by atoms with Crippen molar-refractivity contribution in [3.05, 3.63) is 0 Å². The average Bonchev–Trinajstić information content (AvgIpc) is 2.60. The van der Waals surface area contributed by atoms with E-state index in [2.05, 4.69) is 11.8 Å². The molecule has 24 heavy (non-hydrogen) atoms. The van der Waals surface area contributed by atoms with Crippen LogP contribution in [0, 0.1) is 5.92 Å².